The molecule has 1 rings (SSSR count). The first kappa shape index (κ1) is 15.1. The molecule has 0 aliphatic rings. The Labute approximate surface area is 113 Å². The van der Waals surface area contributed by atoms with Crippen LogP contribution >= 0.6 is 0 Å². The number of carboxylic acids is 1. The number of primary amides is 1. The second-order valence-corrected chi connectivity index (χ2v) is 3.71. The van der Waals surface area contributed by atoms with Gasteiger partial charge in [-0.25, -0.2) is 14.4 Å². The molecule has 0 radical (unpaired) electrons. The van der Waals surface area contributed by atoms with Gasteiger partial charge in [-0.05, 0) is 18.2 Å². The van der Waals surface area contributed by atoms with Gasteiger partial charge in [-0.15, -0.1) is 0 Å². The van der Waals surface area contributed by atoms with E-state index in [1.807, 2.05) is 0 Å². The summed E-state index contributed by atoms with van der Waals surface area (Å²) in [6.07, 6.45) is 0. The minimum atomic E-state index is -1.31. The molecule has 9 nitrogen and oxygen atoms in total. The number of urea groups is 2. The van der Waals surface area contributed by atoms with Gasteiger partial charge in [0.2, 0.25) is 0 Å². The Morgan fingerprint density at radius 1 is 1.15 bits per heavy atom. The first-order valence-corrected chi connectivity index (χ1v) is 5.54. The zero-order chi connectivity index (χ0) is 15.1. The molecule has 0 saturated carbocycles. The maximum atomic E-state index is 11.4. The van der Waals surface area contributed by atoms with E-state index in [0.29, 0.717) is 0 Å². The van der Waals surface area contributed by atoms with E-state index in [2.05, 4.69) is 16.0 Å². The van der Waals surface area contributed by atoms with Gasteiger partial charge in [0.1, 0.15) is 11.3 Å². The van der Waals surface area contributed by atoms with E-state index < -0.39 is 23.8 Å². The number of carbonyl (C=O) groups is 3. The summed E-state index contributed by atoms with van der Waals surface area (Å²) in [5.41, 5.74) is 4.72. The van der Waals surface area contributed by atoms with Crippen LogP contribution in [0.2, 0.25) is 0 Å². The van der Waals surface area contributed by atoms with Crippen molar-refractivity contribution in [3.05, 3.63) is 23.8 Å². The molecule has 108 valence electrons. The second-order valence-electron chi connectivity index (χ2n) is 3.71. The fourth-order valence-electron chi connectivity index (χ4n) is 1.32. The molecule has 9 heteroatoms. The van der Waals surface area contributed by atoms with Crippen molar-refractivity contribution in [2.24, 2.45) is 5.73 Å². The minimum absolute atomic E-state index is 0.151. The fourth-order valence-corrected chi connectivity index (χ4v) is 1.32. The monoisotopic (exact) mass is 282 g/mol. The van der Waals surface area contributed by atoms with Gasteiger partial charge >= 0.3 is 18.0 Å². The van der Waals surface area contributed by atoms with Crippen molar-refractivity contribution in [1.29, 1.82) is 0 Å². The van der Waals surface area contributed by atoms with Crippen molar-refractivity contribution in [2.45, 2.75) is 0 Å². The van der Waals surface area contributed by atoms with Crippen molar-refractivity contribution in [2.75, 3.05) is 18.4 Å². The Kier molecular flexibility index (Phi) is 5.15. The zero-order valence-corrected chi connectivity index (χ0v) is 10.3. The molecule has 0 atom stereocenters. The molecule has 0 spiro atoms. The van der Waals surface area contributed by atoms with Crippen LogP contribution in [0, 0.1) is 0 Å². The lowest BCUT2D eigenvalue weighted by atomic mass is 10.2. The molecular formula is C11H14N4O5. The Morgan fingerprint density at radius 2 is 1.80 bits per heavy atom. The third kappa shape index (κ3) is 4.72. The summed E-state index contributed by atoms with van der Waals surface area (Å²) in [5, 5.41) is 25.2. The maximum Gasteiger partial charge on any atom is 0.339 e. The molecule has 0 heterocycles. The molecular weight excluding hydrogens is 268 g/mol. The van der Waals surface area contributed by atoms with Gasteiger partial charge in [-0.1, -0.05) is 0 Å². The summed E-state index contributed by atoms with van der Waals surface area (Å²) >= 11 is 0. The number of hydrogen-bond acceptors (Lipinski definition) is 4. The molecule has 7 N–H and O–H groups in total. The van der Waals surface area contributed by atoms with Gasteiger partial charge in [-0.3, -0.25) is 0 Å². The molecule has 1 aromatic rings. The van der Waals surface area contributed by atoms with Crippen LogP contribution in [0.1, 0.15) is 10.4 Å². The molecule has 0 unspecified atom stereocenters. The van der Waals surface area contributed by atoms with E-state index in [4.69, 9.17) is 10.8 Å². The maximum absolute atomic E-state index is 11.4. The molecule has 4 amide bonds. The molecule has 20 heavy (non-hydrogen) atoms. The summed E-state index contributed by atoms with van der Waals surface area (Å²) in [6, 6.07) is 2.35. The average molecular weight is 282 g/mol. The molecule has 0 aliphatic carbocycles. The number of carbonyl (C=O) groups excluding carboxylic acids is 2. The van der Waals surface area contributed by atoms with Crippen molar-refractivity contribution in [1.82, 2.24) is 10.6 Å². The first-order chi connectivity index (χ1) is 9.40. The average Bonchev–Trinajstić information content (AvgIpc) is 2.36. The standard InChI is InChI=1S/C11H14N4O5/c12-10(19)13-3-4-14-11(20)15-6-1-2-8(16)7(5-6)9(17)18/h1-2,5,16H,3-4H2,(H,17,18)(H3,12,13,19)(H2,14,15,20). The molecule has 0 saturated heterocycles. The van der Waals surface area contributed by atoms with E-state index in [1.165, 1.54) is 6.07 Å². The number of aromatic carboxylic acids is 1. The second kappa shape index (κ2) is 6.83. The van der Waals surface area contributed by atoms with Crippen LogP contribution in [0.25, 0.3) is 0 Å². The van der Waals surface area contributed by atoms with E-state index in [1.54, 1.807) is 0 Å². The Balaban J connectivity index is 2.52. The highest BCUT2D eigenvalue weighted by atomic mass is 16.4. The number of hydrogen-bond donors (Lipinski definition) is 6. The van der Waals surface area contributed by atoms with Crippen LogP contribution in [0.3, 0.4) is 0 Å². The van der Waals surface area contributed by atoms with Gasteiger partial charge in [0.25, 0.3) is 0 Å². The van der Waals surface area contributed by atoms with Gasteiger partial charge in [-0.2, -0.15) is 0 Å². The number of phenols is 1. The Hall–Kier alpha value is -2.97. The smallest absolute Gasteiger partial charge is 0.339 e. The summed E-state index contributed by atoms with van der Waals surface area (Å²) in [4.78, 5) is 32.6. The van der Waals surface area contributed by atoms with E-state index in [0.717, 1.165) is 12.1 Å². The molecule has 0 bridgehead atoms. The predicted molar refractivity (Wildman–Crippen MR) is 69.7 cm³/mol. The van der Waals surface area contributed by atoms with Gasteiger partial charge < -0.3 is 31.9 Å². The van der Waals surface area contributed by atoms with Crippen LogP contribution in [0.4, 0.5) is 15.3 Å². The number of aromatic hydroxyl groups is 1. The summed E-state index contributed by atoms with van der Waals surface area (Å²) in [7, 11) is 0. The van der Waals surface area contributed by atoms with Crippen molar-refractivity contribution in [3.63, 3.8) is 0 Å². The number of rotatable bonds is 5. The van der Waals surface area contributed by atoms with Crippen molar-refractivity contribution in [3.8, 4) is 5.75 Å². The largest absolute Gasteiger partial charge is 0.507 e. The lowest BCUT2D eigenvalue weighted by molar-refractivity contribution is 0.0693. The highest BCUT2D eigenvalue weighted by molar-refractivity contribution is 5.95. The number of anilines is 1. The van der Waals surface area contributed by atoms with Gasteiger partial charge in [0.15, 0.2) is 0 Å². The fraction of sp³-hybridized carbons (Fsp3) is 0.182. The summed E-state index contributed by atoms with van der Waals surface area (Å²) < 4.78 is 0. The molecule has 0 aromatic heterocycles. The number of carboxylic acid groups (broad SMARTS) is 1. The highest BCUT2D eigenvalue weighted by Crippen LogP contribution is 2.21. The molecule has 1 aromatic carbocycles. The quantitative estimate of drug-likeness (QED) is 0.328. The number of nitrogens with two attached hydrogens (primary N) is 1. The zero-order valence-electron chi connectivity index (χ0n) is 10.3. The van der Waals surface area contributed by atoms with Crippen LogP contribution in [-0.4, -0.2) is 41.3 Å². The number of amides is 4. The van der Waals surface area contributed by atoms with Crippen molar-refractivity contribution < 1.29 is 24.6 Å². The van der Waals surface area contributed by atoms with E-state index in [9.17, 15) is 19.5 Å². The Bertz CT molecular complexity index is 532. The SMILES string of the molecule is NC(=O)NCCNC(=O)Nc1ccc(O)c(C(=O)O)c1. The molecule has 0 aliphatic heterocycles. The summed E-state index contributed by atoms with van der Waals surface area (Å²) in [6.45, 7) is 0.317. The predicted octanol–water partition coefficient (Wildman–Crippen LogP) is -0.120. The van der Waals surface area contributed by atoms with Gasteiger partial charge in [0.05, 0.1) is 0 Å². The highest BCUT2D eigenvalue weighted by Gasteiger charge is 2.11. The third-order valence-corrected chi connectivity index (χ3v) is 2.19. The normalized spacial score (nSPS) is 9.60. The summed E-state index contributed by atoms with van der Waals surface area (Å²) in [5.74, 6) is -1.70. The third-order valence-electron chi connectivity index (χ3n) is 2.19. The molecule has 0 fully saturated rings. The minimum Gasteiger partial charge on any atom is -0.507 e. The number of nitrogens with one attached hydrogen (secondary N) is 3. The van der Waals surface area contributed by atoms with Crippen molar-refractivity contribution >= 4 is 23.7 Å². The Morgan fingerprint density at radius 3 is 2.40 bits per heavy atom. The number of benzene rings is 1. The van der Waals surface area contributed by atoms with E-state index >= 15 is 0 Å². The lowest BCUT2D eigenvalue weighted by Crippen LogP contribution is -2.38. The lowest BCUT2D eigenvalue weighted by Gasteiger charge is -2.09. The van der Waals surface area contributed by atoms with Crippen LogP contribution in [-0.2, 0) is 0 Å². The van der Waals surface area contributed by atoms with Gasteiger partial charge in [0, 0.05) is 18.8 Å². The first-order valence-electron chi connectivity index (χ1n) is 5.54. The van der Waals surface area contributed by atoms with Crippen LogP contribution in [0.5, 0.6) is 5.75 Å². The topological polar surface area (TPSA) is 154 Å². The van der Waals surface area contributed by atoms with Crippen LogP contribution < -0.4 is 21.7 Å². The van der Waals surface area contributed by atoms with Crippen LogP contribution in [0.15, 0.2) is 18.2 Å². The van der Waals surface area contributed by atoms with E-state index in [-0.39, 0.29) is 24.3 Å².